The third kappa shape index (κ3) is 2.46. The van der Waals surface area contributed by atoms with Gasteiger partial charge >= 0.3 is 0 Å². The third-order valence-corrected chi connectivity index (χ3v) is 2.57. The van der Waals surface area contributed by atoms with Crippen molar-refractivity contribution in [3.8, 4) is 0 Å². The van der Waals surface area contributed by atoms with Crippen LogP contribution in [0.5, 0.6) is 0 Å². The van der Waals surface area contributed by atoms with E-state index in [9.17, 15) is 0 Å². The molecule has 1 unspecified atom stereocenters. The molecule has 1 rings (SSSR count). The van der Waals surface area contributed by atoms with Crippen molar-refractivity contribution in [2.75, 3.05) is 13.6 Å². The van der Waals surface area contributed by atoms with Crippen molar-refractivity contribution < 1.29 is 4.90 Å². The Balaban J connectivity index is 2.93. The number of allylic oxidation sites excluding steroid dienone is 1. The lowest BCUT2D eigenvalue weighted by Crippen LogP contribution is -3.04. The molecule has 0 heterocycles. The zero-order chi connectivity index (χ0) is 10.6. The van der Waals surface area contributed by atoms with Gasteiger partial charge in [0.25, 0.3) is 0 Å². The maximum absolute atomic E-state index is 2.22. The summed E-state index contributed by atoms with van der Waals surface area (Å²) in [6.45, 7) is 7.49. The van der Waals surface area contributed by atoms with E-state index in [2.05, 4.69) is 58.2 Å². The normalized spacial score (nSPS) is 13.4. The SMILES string of the molecule is C/C=C/C[NH+](C)c1c(C)cccc1C. The van der Waals surface area contributed by atoms with Crippen LogP contribution < -0.4 is 4.90 Å². The first-order valence-electron chi connectivity index (χ1n) is 5.17. The van der Waals surface area contributed by atoms with Crippen LogP contribution in [0.1, 0.15) is 18.1 Å². The van der Waals surface area contributed by atoms with Crippen LogP contribution in [0, 0.1) is 13.8 Å². The number of nitrogens with one attached hydrogen (secondary N) is 1. The van der Waals surface area contributed by atoms with Crippen molar-refractivity contribution in [2.45, 2.75) is 20.8 Å². The van der Waals surface area contributed by atoms with Crippen LogP contribution in [-0.4, -0.2) is 13.6 Å². The predicted octanol–water partition coefficient (Wildman–Crippen LogP) is 2.03. The first-order chi connectivity index (χ1) is 6.66. The van der Waals surface area contributed by atoms with Gasteiger partial charge in [-0.2, -0.15) is 0 Å². The Bertz CT molecular complexity index is 306. The molecule has 0 saturated heterocycles. The van der Waals surface area contributed by atoms with Gasteiger partial charge in [0, 0.05) is 11.1 Å². The topological polar surface area (TPSA) is 4.44 Å². The fourth-order valence-electron chi connectivity index (χ4n) is 1.88. The monoisotopic (exact) mass is 190 g/mol. The van der Waals surface area contributed by atoms with E-state index in [1.807, 2.05) is 0 Å². The van der Waals surface area contributed by atoms with E-state index < -0.39 is 0 Å². The molecule has 0 aromatic heterocycles. The van der Waals surface area contributed by atoms with Gasteiger partial charge in [-0.1, -0.05) is 24.3 Å². The van der Waals surface area contributed by atoms with Crippen LogP contribution in [0.3, 0.4) is 0 Å². The van der Waals surface area contributed by atoms with Crippen LogP contribution >= 0.6 is 0 Å². The van der Waals surface area contributed by atoms with E-state index in [1.165, 1.54) is 21.7 Å². The van der Waals surface area contributed by atoms with E-state index in [4.69, 9.17) is 0 Å². The molecule has 0 aliphatic rings. The summed E-state index contributed by atoms with van der Waals surface area (Å²) in [6, 6.07) is 6.49. The summed E-state index contributed by atoms with van der Waals surface area (Å²) < 4.78 is 0. The number of hydrogen-bond acceptors (Lipinski definition) is 0. The second kappa shape index (κ2) is 4.97. The highest BCUT2D eigenvalue weighted by Crippen LogP contribution is 2.14. The maximum atomic E-state index is 2.22. The number of benzene rings is 1. The lowest BCUT2D eigenvalue weighted by molar-refractivity contribution is -0.803. The second-order valence-corrected chi connectivity index (χ2v) is 3.82. The van der Waals surface area contributed by atoms with Gasteiger partial charge in [0.05, 0.1) is 7.05 Å². The minimum Gasteiger partial charge on any atom is -0.301 e. The Morgan fingerprint density at radius 2 is 1.79 bits per heavy atom. The maximum Gasteiger partial charge on any atom is 0.137 e. The second-order valence-electron chi connectivity index (χ2n) is 3.82. The Labute approximate surface area is 87.1 Å². The van der Waals surface area contributed by atoms with Gasteiger partial charge in [0.1, 0.15) is 12.2 Å². The molecule has 0 spiro atoms. The fourth-order valence-corrected chi connectivity index (χ4v) is 1.88. The van der Waals surface area contributed by atoms with Crippen molar-refractivity contribution >= 4 is 5.69 Å². The lowest BCUT2D eigenvalue weighted by atomic mass is 10.1. The van der Waals surface area contributed by atoms with Gasteiger partial charge in [-0.15, -0.1) is 0 Å². The van der Waals surface area contributed by atoms with E-state index in [0.29, 0.717) is 0 Å². The molecule has 1 N–H and O–H groups in total. The van der Waals surface area contributed by atoms with Crippen molar-refractivity contribution in [3.63, 3.8) is 0 Å². The summed E-state index contributed by atoms with van der Waals surface area (Å²) in [5.41, 5.74) is 4.20. The van der Waals surface area contributed by atoms with Crippen LogP contribution in [0.15, 0.2) is 30.4 Å². The molecule has 14 heavy (non-hydrogen) atoms. The largest absolute Gasteiger partial charge is 0.301 e. The predicted molar refractivity (Wildman–Crippen MR) is 62.1 cm³/mol. The lowest BCUT2D eigenvalue weighted by Gasteiger charge is -2.16. The number of aryl methyl sites for hydroxylation is 2. The Kier molecular flexibility index (Phi) is 3.90. The van der Waals surface area contributed by atoms with E-state index >= 15 is 0 Å². The molecule has 0 aliphatic heterocycles. The van der Waals surface area contributed by atoms with Crippen LogP contribution in [0.2, 0.25) is 0 Å². The standard InChI is InChI=1S/C13H19N/c1-5-6-10-14(4)13-11(2)8-7-9-12(13)3/h5-9H,10H2,1-4H3/p+1/b6-5+. The third-order valence-electron chi connectivity index (χ3n) is 2.57. The van der Waals surface area contributed by atoms with Crippen molar-refractivity contribution in [2.24, 2.45) is 0 Å². The van der Waals surface area contributed by atoms with Crippen LogP contribution in [0.25, 0.3) is 0 Å². The Morgan fingerprint density at radius 1 is 1.21 bits per heavy atom. The molecule has 0 bridgehead atoms. The number of hydrogen-bond donors (Lipinski definition) is 1. The minimum atomic E-state index is 1.06. The number of rotatable bonds is 3. The molecule has 1 aromatic carbocycles. The zero-order valence-corrected chi connectivity index (χ0v) is 9.59. The Morgan fingerprint density at radius 3 is 2.29 bits per heavy atom. The summed E-state index contributed by atoms with van der Waals surface area (Å²) in [6.07, 6.45) is 4.32. The average Bonchev–Trinajstić information content (AvgIpc) is 2.14. The molecule has 0 amide bonds. The number of likely N-dealkylation sites (N-methyl/N-ethyl adjacent to an activating group) is 1. The zero-order valence-electron chi connectivity index (χ0n) is 9.59. The molecule has 1 aromatic rings. The number of quaternary nitrogens is 1. The number of para-hydroxylation sites is 1. The van der Waals surface area contributed by atoms with E-state index in [-0.39, 0.29) is 0 Å². The van der Waals surface area contributed by atoms with E-state index in [0.717, 1.165) is 6.54 Å². The van der Waals surface area contributed by atoms with Gasteiger partial charge in [-0.05, 0) is 26.8 Å². The summed E-state index contributed by atoms with van der Waals surface area (Å²) in [5.74, 6) is 0. The highest BCUT2D eigenvalue weighted by Gasteiger charge is 2.10. The van der Waals surface area contributed by atoms with Gasteiger partial charge in [-0.3, -0.25) is 0 Å². The average molecular weight is 190 g/mol. The molecular formula is C13H20N+. The smallest absolute Gasteiger partial charge is 0.137 e. The first kappa shape index (κ1) is 11.0. The highest BCUT2D eigenvalue weighted by atomic mass is 15.1. The van der Waals surface area contributed by atoms with Gasteiger partial charge in [0.2, 0.25) is 0 Å². The van der Waals surface area contributed by atoms with Gasteiger partial charge < -0.3 is 4.90 Å². The molecule has 0 radical (unpaired) electrons. The summed E-state index contributed by atoms with van der Waals surface area (Å²) in [4.78, 5) is 1.46. The molecular weight excluding hydrogens is 170 g/mol. The molecule has 1 atom stereocenters. The summed E-state index contributed by atoms with van der Waals surface area (Å²) >= 11 is 0. The van der Waals surface area contributed by atoms with Gasteiger partial charge in [0.15, 0.2) is 0 Å². The van der Waals surface area contributed by atoms with E-state index in [1.54, 1.807) is 0 Å². The van der Waals surface area contributed by atoms with Crippen molar-refractivity contribution in [3.05, 3.63) is 41.5 Å². The van der Waals surface area contributed by atoms with Gasteiger partial charge in [-0.25, -0.2) is 0 Å². The summed E-state index contributed by atoms with van der Waals surface area (Å²) in [5, 5.41) is 0. The first-order valence-corrected chi connectivity index (χ1v) is 5.17. The van der Waals surface area contributed by atoms with Crippen molar-refractivity contribution in [1.82, 2.24) is 0 Å². The molecule has 0 saturated carbocycles. The molecule has 0 fully saturated rings. The van der Waals surface area contributed by atoms with Crippen LogP contribution in [-0.2, 0) is 0 Å². The van der Waals surface area contributed by atoms with Crippen LogP contribution in [0.4, 0.5) is 5.69 Å². The minimum absolute atomic E-state index is 1.06. The fraction of sp³-hybridized carbons (Fsp3) is 0.385. The molecule has 76 valence electrons. The molecule has 1 heteroatoms. The quantitative estimate of drug-likeness (QED) is 0.696. The highest BCUT2D eigenvalue weighted by molar-refractivity contribution is 5.45. The Hall–Kier alpha value is -1.08. The van der Waals surface area contributed by atoms with Crippen molar-refractivity contribution in [1.29, 1.82) is 0 Å². The summed E-state index contributed by atoms with van der Waals surface area (Å²) in [7, 11) is 2.22. The molecule has 1 nitrogen and oxygen atoms in total. The molecule has 0 aliphatic carbocycles.